The topological polar surface area (TPSA) is 71.1 Å². The minimum Gasteiger partial charge on any atom is -0.496 e. The minimum absolute atomic E-state index is 0.111. The van der Waals surface area contributed by atoms with Crippen molar-refractivity contribution in [3.63, 3.8) is 0 Å². The van der Waals surface area contributed by atoms with Gasteiger partial charge in [0.1, 0.15) is 23.2 Å². The summed E-state index contributed by atoms with van der Waals surface area (Å²) in [6, 6.07) is 5.13. The van der Waals surface area contributed by atoms with Crippen LogP contribution in [0.25, 0.3) is 0 Å². The number of hydrogen-bond donors (Lipinski definition) is 0. The van der Waals surface area contributed by atoms with Crippen LogP contribution < -0.4 is 9.47 Å². The first-order valence-electron chi connectivity index (χ1n) is 9.21. The zero-order valence-corrected chi connectivity index (χ0v) is 18.5. The molecule has 27 heavy (non-hydrogen) atoms. The molecule has 0 saturated carbocycles. The van der Waals surface area contributed by atoms with E-state index in [1.807, 2.05) is 0 Å². The van der Waals surface area contributed by atoms with Crippen molar-refractivity contribution in [2.75, 3.05) is 20.8 Å². The Balaban J connectivity index is 3.18. The molecule has 0 spiro atoms. The van der Waals surface area contributed by atoms with E-state index in [2.05, 4.69) is 27.7 Å². The third-order valence-electron chi connectivity index (χ3n) is 4.04. The molecule has 0 fully saturated rings. The van der Waals surface area contributed by atoms with Crippen molar-refractivity contribution in [3.05, 3.63) is 23.8 Å². The van der Waals surface area contributed by atoms with Crippen molar-refractivity contribution < 1.29 is 27.9 Å². The number of methoxy groups -OCH3 is 2. The second-order valence-electron chi connectivity index (χ2n) is 7.80. The molecule has 0 N–H and O–H groups in total. The van der Waals surface area contributed by atoms with Crippen LogP contribution in [0.2, 0.25) is 0 Å². The molecule has 6 nitrogen and oxygen atoms in total. The lowest BCUT2D eigenvalue weighted by molar-refractivity contribution is 0.0702. The van der Waals surface area contributed by atoms with Crippen molar-refractivity contribution in [1.82, 2.24) is 0 Å². The summed E-state index contributed by atoms with van der Waals surface area (Å²) < 4.78 is 33.4. The molecule has 0 amide bonds. The van der Waals surface area contributed by atoms with Gasteiger partial charge in [0.15, 0.2) is 5.78 Å². The van der Waals surface area contributed by atoms with Gasteiger partial charge in [0, 0.05) is 0 Å². The van der Waals surface area contributed by atoms with E-state index in [0.29, 0.717) is 23.5 Å². The summed E-state index contributed by atoms with van der Waals surface area (Å²) >= 11 is 0. The van der Waals surface area contributed by atoms with Gasteiger partial charge in [0.2, 0.25) is 0 Å². The highest BCUT2D eigenvalue weighted by Gasteiger charge is 2.31. The fourth-order valence-corrected chi connectivity index (χ4v) is 3.97. The fourth-order valence-electron chi connectivity index (χ4n) is 3.23. The van der Waals surface area contributed by atoms with Gasteiger partial charge < -0.3 is 14.0 Å². The number of benzene rings is 1. The Morgan fingerprint density at radius 3 is 2.15 bits per heavy atom. The minimum atomic E-state index is -2.77. The van der Waals surface area contributed by atoms with Crippen LogP contribution in [0.1, 0.15) is 57.8 Å². The quantitative estimate of drug-likeness (QED) is 0.377. The first-order valence-corrected chi connectivity index (χ1v) is 10.4. The molecule has 0 aliphatic rings. The highest BCUT2D eigenvalue weighted by molar-refractivity contribution is 7.33. The lowest BCUT2D eigenvalue weighted by Gasteiger charge is -2.26. The van der Waals surface area contributed by atoms with Crippen LogP contribution in [0.15, 0.2) is 18.2 Å². The van der Waals surface area contributed by atoms with E-state index in [4.69, 9.17) is 18.5 Å². The summed E-state index contributed by atoms with van der Waals surface area (Å²) in [7, 11) is 0.215. The fraction of sp³-hybridized carbons (Fsp3) is 0.650. The Labute approximate surface area is 163 Å². The number of rotatable bonds is 11. The monoisotopic (exact) mass is 400 g/mol. The van der Waals surface area contributed by atoms with E-state index < -0.39 is 14.4 Å². The zero-order chi connectivity index (χ0) is 20.6. The molecule has 3 unspecified atom stereocenters. The highest BCUT2D eigenvalue weighted by atomic mass is 31.1. The van der Waals surface area contributed by atoms with Crippen LogP contribution in [0, 0.1) is 11.3 Å². The van der Waals surface area contributed by atoms with E-state index in [1.54, 1.807) is 25.1 Å². The predicted octanol–water partition coefficient (Wildman–Crippen LogP) is 5.16. The Kier molecular flexibility index (Phi) is 9.51. The molecule has 7 heteroatoms. The van der Waals surface area contributed by atoms with Crippen LogP contribution in [-0.4, -0.2) is 32.7 Å². The molecule has 0 aromatic heterocycles. The third-order valence-corrected chi connectivity index (χ3v) is 5.05. The molecule has 0 bridgehead atoms. The third kappa shape index (κ3) is 7.65. The van der Waals surface area contributed by atoms with Gasteiger partial charge in [-0.2, -0.15) is 0 Å². The molecule has 0 aliphatic heterocycles. The SMILES string of the molecule is CCO[PH](=O)OC(CC(C)CC(C)(C)C)C(=O)c1c(OC)cccc1OC. The molecule has 1 rings (SSSR count). The van der Waals surface area contributed by atoms with Crippen molar-refractivity contribution in [2.24, 2.45) is 11.3 Å². The summed E-state index contributed by atoms with van der Waals surface area (Å²) in [5.41, 5.74) is 0.405. The maximum atomic E-state index is 13.3. The summed E-state index contributed by atoms with van der Waals surface area (Å²) in [6.45, 7) is 10.5. The number of carbonyl (C=O) groups is 1. The number of hydrogen-bond acceptors (Lipinski definition) is 6. The van der Waals surface area contributed by atoms with Crippen LogP contribution in [0.5, 0.6) is 11.5 Å². The zero-order valence-electron chi connectivity index (χ0n) is 17.5. The lowest BCUT2D eigenvalue weighted by atomic mass is 9.82. The van der Waals surface area contributed by atoms with E-state index >= 15 is 0 Å². The van der Waals surface area contributed by atoms with Gasteiger partial charge in [-0.15, -0.1) is 0 Å². The van der Waals surface area contributed by atoms with Crippen molar-refractivity contribution >= 4 is 14.0 Å². The van der Waals surface area contributed by atoms with Crippen LogP contribution in [-0.2, 0) is 13.6 Å². The molecule has 3 atom stereocenters. The number of ketones is 1. The molecule has 1 aromatic rings. The van der Waals surface area contributed by atoms with Gasteiger partial charge in [-0.1, -0.05) is 33.8 Å². The number of carbonyl (C=O) groups excluding carboxylic acids is 1. The molecule has 0 saturated heterocycles. The molecular formula is C20H33O6P. The second-order valence-corrected chi connectivity index (χ2v) is 8.82. The van der Waals surface area contributed by atoms with E-state index in [1.165, 1.54) is 14.2 Å². The Hall–Kier alpha value is -1.36. The number of Topliss-reactive ketones (excluding diaryl/α,β-unsaturated/α-hetero) is 1. The van der Waals surface area contributed by atoms with Gasteiger partial charge in [-0.05, 0) is 43.2 Å². The van der Waals surface area contributed by atoms with Gasteiger partial charge in [-0.25, -0.2) is 0 Å². The van der Waals surface area contributed by atoms with E-state index in [0.717, 1.165) is 6.42 Å². The van der Waals surface area contributed by atoms with Crippen molar-refractivity contribution in [2.45, 2.75) is 53.6 Å². The Bertz CT molecular complexity index is 616. The average molecular weight is 400 g/mol. The van der Waals surface area contributed by atoms with Gasteiger partial charge in [-0.3, -0.25) is 13.9 Å². The van der Waals surface area contributed by atoms with E-state index in [9.17, 15) is 9.36 Å². The van der Waals surface area contributed by atoms with Gasteiger partial charge in [0.25, 0.3) is 0 Å². The van der Waals surface area contributed by atoms with Crippen molar-refractivity contribution in [3.8, 4) is 11.5 Å². The van der Waals surface area contributed by atoms with Crippen LogP contribution in [0.4, 0.5) is 0 Å². The summed E-state index contributed by atoms with van der Waals surface area (Å²) in [5.74, 6) is 0.666. The Morgan fingerprint density at radius 2 is 1.70 bits per heavy atom. The molecule has 154 valence electrons. The lowest BCUT2D eigenvalue weighted by Crippen LogP contribution is -2.27. The maximum Gasteiger partial charge on any atom is 0.319 e. The summed E-state index contributed by atoms with van der Waals surface area (Å²) in [4.78, 5) is 13.3. The van der Waals surface area contributed by atoms with Crippen LogP contribution in [0.3, 0.4) is 0 Å². The summed E-state index contributed by atoms with van der Waals surface area (Å²) in [5, 5.41) is 0. The Morgan fingerprint density at radius 1 is 1.15 bits per heavy atom. The normalized spacial score (nSPS) is 15.1. The smallest absolute Gasteiger partial charge is 0.319 e. The summed E-state index contributed by atoms with van der Waals surface area (Å²) in [6.07, 6.45) is 0.435. The average Bonchev–Trinajstić information content (AvgIpc) is 2.58. The van der Waals surface area contributed by atoms with Gasteiger partial charge >= 0.3 is 8.25 Å². The molecule has 1 aromatic carbocycles. The molecule has 0 radical (unpaired) electrons. The van der Waals surface area contributed by atoms with Crippen LogP contribution >= 0.6 is 8.25 Å². The first-order chi connectivity index (χ1) is 12.6. The predicted molar refractivity (Wildman–Crippen MR) is 107 cm³/mol. The largest absolute Gasteiger partial charge is 0.496 e. The van der Waals surface area contributed by atoms with E-state index in [-0.39, 0.29) is 23.7 Å². The molecular weight excluding hydrogens is 367 g/mol. The van der Waals surface area contributed by atoms with Crippen molar-refractivity contribution in [1.29, 1.82) is 0 Å². The second kappa shape index (κ2) is 10.8. The van der Waals surface area contributed by atoms with Gasteiger partial charge in [0.05, 0.1) is 20.8 Å². The first kappa shape index (κ1) is 23.7. The maximum absolute atomic E-state index is 13.3. The molecule has 0 heterocycles. The molecule has 0 aliphatic carbocycles. The highest BCUT2D eigenvalue weighted by Crippen LogP contribution is 2.36. The standard InChI is InChI=1S/C20H33O6P/c1-8-25-27(22)26-17(12-14(2)13-20(3,4)5)19(21)18-15(23-6)10-9-11-16(18)24-7/h9-11,14,17,27H,8,12-13H2,1-7H3. The number of ether oxygens (including phenoxy) is 2.